The van der Waals surface area contributed by atoms with Gasteiger partial charge in [0, 0.05) is 30.7 Å². The van der Waals surface area contributed by atoms with Gasteiger partial charge in [0.05, 0.1) is 13.7 Å². The minimum atomic E-state index is -0.270. The highest BCUT2D eigenvalue weighted by molar-refractivity contribution is 5.76. The number of aliphatic hydroxyl groups excluding tert-OH is 1. The van der Waals surface area contributed by atoms with Gasteiger partial charge in [-0.25, -0.2) is 0 Å². The molecular formula is C20H25N3O4. The third kappa shape index (κ3) is 3.98. The van der Waals surface area contributed by atoms with Crippen LogP contribution in [0.25, 0.3) is 16.7 Å². The Balaban J connectivity index is 2.04. The van der Waals surface area contributed by atoms with Crippen LogP contribution in [0.2, 0.25) is 0 Å². The molecule has 0 fully saturated rings. The number of aromatic nitrogens is 3. The van der Waals surface area contributed by atoms with Crippen LogP contribution in [0, 0.1) is 0 Å². The molecule has 27 heavy (non-hydrogen) atoms. The summed E-state index contributed by atoms with van der Waals surface area (Å²) in [6, 6.07) is 8.95. The van der Waals surface area contributed by atoms with Crippen molar-refractivity contribution in [3.05, 3.63) is 35.9 Å². The van der Waals surface area contributed by atoms with E-state index >= 15 is 0 Å². The van der Waals surface area contributed by atoms with Gasteiger partial charge in [0.25, 0.3) is 0 Å². The SMILES string of the molecule is COc1cc(-n2nc3ccc(OCCCO)cc3n2)c(O)c(C(C)(C)C)c1. The standard InChI is InChI=1S/C20H25N3O4/c1-20(2,3)15-10-14(26-4)12-18(19(15)25)23-21-16-7-6-13(11-17(16)22-23)27-9-5-8-24/h6-7,10-12,24-25H,5,8-9H2,1-4H3. The lowest BCUT2D eigenvalue weighted by molar-refractivity contribution is 0.233. The second-order valence-electron chi connectivity index (χ2n) is 7.36. The third-order valence-corrected chi connectivity index (χ3v) is 4.25. The minimum Gasteiger partial charge on any atom is -0.505 e. The normalized spacial score (nSPS) is 11.7. The van der Waals surface area contributed by atoms with Gasteiger partial charge in [0.15, 0.2) is 0 Å². The number of aromatic hydroxyl groups is 1. The zero-order valence-electron chi connectivity index (χ0n) is 16.1. The van der Waals surface area contributed by atoms with E-state index in [1.807, 2.05) is 39.0 Å². The summed E-state index contributed by atoms with van der Waals surface area (Å²) < 4.78 is 11.0. The van der Waals surface area contributed by atoms with Gasteiger partial charge in [-0.3, -0.25) is 0 Å². The molecule has 1 aromatic heterocycles. The molecule has 7 nitrogen and oxygen atoms in total. The highest BCUT2D eigenvalue weighted by Gasteiger charge is 2.23. The predicted molar refractivity (Wildman–Crippen MR) is 103 cm³/mol. The van der Waals surface area contributed by atoms with E-state index in [0.717, 1.165) is 5.56 Å². The molecule has 2 aromatic carbocycles. The summed E-state index contributed by atoms with van der Waals surface area (Å²) in [4.78, 5) is 1.41. The van der Waals surface area contributed by atoms with E-state index in [-0.39, 0.29) is 17.8 Å². The number of benzene rings is 2. The van der Waals surface area contributed by atoms with E-state index in [0.29, 0.717) is 41.2 Å². The van der Waals surface area contributed by atoms with Crippen molar-refractivity contribution in [1.29, 1.82) is 0 Å². The Kier molecular flexibility index (Phi) is 5.23. The van der Waals surface area contributed by atoms with Gasteiger partial charge >= 0.3 is 0 Å². The fourth-order valence-electron chi connectivity index (χ4n) is 2.78. The first kappa shape index (κ1) is 19.0. The predicted octanol–water partition coefficient (Wildman–Crippen LogP) is 3.19. The highest BCUT2D eigenvalue weighted by atomic mass is 16.5. The van der Waals surface area contributed by atoms with E-state index in [4.69, 9.17) is 14.6 Å². The Hall–Kier alpha value is -2.80. The zero-order valence-corrected chi connectivity index (χ0v) is 16.1. The van der Waals surface area contributed by atoms with Crippen LogP contribution >= 0.6 is 0 Å². The molecule has 0 aliphatic carbocycles. The number of hydrogen-bond donors (Lipinski definition) is 2. The first-order valence-electron chi connectivity index (χ1n) is 8.86. The molecule has 0 saturated heterocycles. The van der Waals surface area contributed by atoms with Crippen molar-refractivity contribution in [2.75, 3.05) is 20.3 Å². The van der Waals surface area contributed by atoms with Gasteiger partial charge in [-0.15, -0.1) is 15.0 Å². The van der Waals surface area contributed by atoms with Gasteiger partial charge in [-0.1, -0.05) is 20.8 Å². The van der Waals surface area contributed by atoms with Crippen LogP contribution in [0.4, 0.5) is 0 Å². The van der Waals surface area contributed by atoms with Crippen molar-refractivity contribution in [3.63, 3.8) is 0 Å². The summed E-state index contributed by atoms with van der Waals surface area (Å²) in [5.41, 5.74) is 2.28. The fourth-order valence-corrected chi connectivity index (χ4v) is 2.78. The lowest BCUT2D eigenvalue weighted by Gasteiger charge is -2.22. The Morgan fingerprint density at radius 1 is 1.04 bits per heavy atom. The number of hydrogen-bond acceptors (Lipinski definition) is 6. The van der Waals surface area contributed by atoms with Gasteiger partial charge in [0.1, 0.15) is 34.0 Å². The van der Waals surface area contributed by atoms with E-state index < -0.39 is 0 Å². The quantitative estimate of drug-likeness (QED) is 0.647. The molecule has 2 N–H and O–H groups in total. The van der Waals surface area contributed by atoms with Crippen molar-refractivity contribution in [3.8, 4) is 22.9 Å². The van der Waals surface area contributed by atoms with Crippen molar-refractivity contribution in [2.24, 2.45) is 0 Å². The molecule has 144 valence electrons. The number of phenols is 1. The average Bonchev–Trinajstić information content (AvgIpc) is 3.04. The zero-order chi connectivity index (χ0) is 19.6. The number of nitrogens with zero attached hydrogens (tertiary/aromatic N) is 3. The van der Waals surface area contributed by atoms with E-state index in [9.17, 15) is 5.11 Å². The molecule has 1 heterocycles. The summed E-state index contributed by atoms with van der Waals surface area (Å²) in [6.45, 7) is 6.59. The van der Waals surface area contributed by atoms with Crippen molar-refractivity contribution >= 4 is 11.0 Å². The van der Waals surface area contributed by atoms with E-state index in [1.54, 1.807) is 19.2 Å². The van der Waals surface area contributed by atoms with Crippen molar-refractivity contribution < 1.29 is 19.7 Å². The molecule has 0 bridgehead atoms. The second-order valence-corrected chi connectivity index (χ2v) is 7.36. The van der Waals surface area contributed by atoms with Gasteiger partial charge in [-0.05, 0) is 23.6 Å². The molecule has 7 heteroatoms. The summed E-state index contributed by atoms with van der Waals surface area (Å²) in [5.74, 6) is 1.42. The van der Waals surface area contributed by atoms with Gasteiger partial charge in [-0.2, -0.15) is 0 Å². The molecular weight excluding hydrogens is 346 g/mol. The van der Waals surface area contributed by atoms with Gasteiger partial charge < -0.3 is 19.7 Å². The number of methoxy groups -OCH3 is 1. The Labute approximate surface area is 158 Å². The number of ether oxygens (including phenoxy) is 2. The van der Waals surface area contributed by atoms with E-state index in [1.165, 1.54) is 4.80 Å². The molecule has 0 saturated carbocycles. The van der Waals surface area contributed by atoms with E-state index in [2.05, 4.69) is 10.2 Å². The lowest BCUT2D eigenvalue weighted by Crippen LogP contribution is -2.13. The average molecular weight is 371 g/mol. The minimum absolute atomic E-state index is 0.0870. The van der Waals surface area contributed by atoms with Crippen LogP contribution in [-0.4, -0.2) is 45.5 Å². The molecule has 3 aromatic rings. The van der Waals surface area contributed by atoms with Crippen LogP contribution in [0.5, 0.6) is 17.2 Å². The van der Waals surface area contributed by atoms with Crippen LogP contribution in [0.3, 0.4) is 0 Å². The number of phenolic OH excluding ortho intramolecular Hbond substituents is 1. The number of rotatable bonds is 6. The van der Waals surface area contributed by atoms with Crippen LogP contribution < -0.4 is 9.47 Å². The Morgan fingerprint density at radius 2 is 1.78 bits per heavy atom. The van der Waals surface area contributed by atoms with Crippen molar-refractivity contribution in [1.82, 2.24) is 15.0 Å². The van der Waals surface area contributed by atoms with Crippen LogP contribution in [-0.2, 0) is 5.41 Å². The molecule has 0 amide bonds. The third-order valence-electron chi connectivity index (χ3n) is 4.25. The monoisotopic (exact) mass is 371 g/mol. The summed E-state index contributed by atoms with van der Waals surface area (Å²) in [7, 11) is 1.59. The summed E-state index contributed by atoms with van der Waals surface area (Å²) in [6.07, 6.45) is 0.567. The lowest BCUT2D eigenvalue weighted by atomic mass is 9.86. The molecule has 0 radical (unpaired) electrons. The van der Waals surface area contributed by atoms with Crippen molar-refractivity contribution in [2.45, 2.75) is 32.6 Å². The Bertz CT molecular complexity index is 944. The first-order valence-corrected chi connectivity index (χ1v) is 8.86. The smallest absolute Gasteiger partial charge is 0.147 e. The number of fused-ring (bicyclic) bond motifs is 1. The largest absolute Gasteiger partial charge is 0.505 e. The van der Waals surface area contributed by atoms with Crippen LogP contribution in [0.1, 0.15) is 32.8 Å². The number of aliphatic hydroxyl groups is 1. The van der Waals surface area contributed by atoms with Gasteiger partial charge in [0.2, 0.25) is 0 Å². The molecule has 3 rings (SSSR count). The first-order chi connectivity index (χ1) is 12.8. The Morgan fingerprint density at radius 3 is 2.44 bits per heavy atom. The maximum absolute atomic E-state index is 10.8. The molecule has 0 atom stereocenters. The van der Waals surface area contributed by atoms with Crippen LogP contribution in [0.15, 0.2) is 30.3 Å². The topological polar surface area (TPSA) is 89.6 Å². The molecule has 0 aliphatic rings. The molecule has 0 spiro atoms. The fraction of sp³-hybridized carbons (Fsp3) is 0.400. The highest BCUT2D eigenvalue weighted by Crippen LogP contribution is 2.38. The molecule has 0 aliphatic heterocycles. The summed E-state index contributed by atoms with van der Waals surface area (Å²) >= 11 is 0. The maximum atomic E-state index is 10.8. The summed E-state index contributed by atoms with van der Waals surface area (Å²) in [5, 5.41) is 28.6. The second kappa shape index (κ2) is 7.44. The maximum Gasteiger partial charge on any atom is 0.147 e. The molecule has 0 unspecified atom stereocenters.